The molecule has 2 rings (SSSR count). The SMILES string of the molecule is COC(CNC(=O)c1ccc(O[C@@H]2CCSC2)nc1)OC. The molecule has 7 heteroatoms. The molecule has 0 spiro atoms. The number of hydrogen-bond donors (Lipinski definition) is 1. The van der Waals surface area contributed by atoms with Gasteiger partial charge < -0.3 is 19.5 Å². The van der Waals surface area contributed by atoms with Gasteiger partial charge in [0.25, 0.3) is 5.91 Å². The molecule has 1 amide bonds. The van der Waals surface area contributed by atoms with Gasteiger partial charge in [-0.15, -0.1) is 0 Å². The standard InChI is InChI=1S/C14H20N2O4S/c1-18-13(19-2)8-16-14(17)10-3-4-12(15-7-10)20-11-5-6-21-9-11/h3-4,7,11,13H,5-6,8-9H2,1-2H3,(H,16,17)/t11-/m1/s1. The Kier molecular flexibility index (Phi) is 6.28. The molecule has 0 bridgehead atoms. The largest absolute Gasteiger partial charge is 0.473 e. The summed E-state index contributed by atoms with van der Waals surface area (Å²) in [6.07, 6.45) is 2.33. The second-order valence-electron chi connectivity index (χ2n) is 4.60. The first-order valence-corrected chi connectivity index (χ1v) is 7.92. The van der Waals surface area contributed by atoms with Crippen molar-refractivity contribution in [3.8, 4) is 5.88 Å². The third kappa shape index (κ3) is 4.87. The van der Waals surface area contributed by atoms with Crippen molar-refractivity contribution in [2.24, 2.45) is 0 Å². The fourth-order valence-corrected chi connectivity index (χ4v) is 3.00. The molecule has 1 fully saturated rings. The fourth-order valence-electron chi connectivity index (χ4n) is 1.90. The molecule has 1 aliphatic rings. The third-order valence-corrected chi connectivity index (χ3v) is 4.26. The van der Waals surface area contributed by atoms with Crippen LogP contribution in [-0.2, 0) is 9.47 Å². The van der Waals surface area contributed by atoms with E-state index >= 15 is 0 Å². The van der Waals surface area contributed by atoms with E-state index in [1.54, 1.807) is 12.1 Å². The Balaban J connectivity index is 1.84. The van der Waals surface area contributed by atoms with Crippen molar-refractivity contribution in [2.45, 2.75) is 18.8 Å². The summed E-state index contributed by atoms with van der Waals surface area (Å²) in [6.45, 7) is 0.281. The van der Waals surface area contributed by atoms with Crippen molar-refractivity contribution >= 4 is 17.7 Å². The van der Waals surface area contributed by atoms with Crippen LogP contribution in [0.5, 0.6) is 5.88 Å². The zero-order chi connectivity index (χ0) is 15.1. The number of amides is 1. The van der Waals surface area contributed by atoms with Crippen LogP contribution in [0.15, 0.2) is 18.3 Å². The van der Waals surface area contributed by atoms with Crippen molar-refractivity contribution < 1.29 is 19.0 Å². The lowest BCUT2D eigenvalue weighted by molar-refractivity contribution is -0.0974. The summed E-state index contributed by atoms with van der Waals surface area (Å²) in [7, 11) is 3.05. The van der Waals surface area contributed by atoms with Gasteiger partial charge in [-0.1, -0.05) is 0 Å². The van der Waals surface area contributed by atoms with Gasteiger partial charge in [0.1, 0.15) is 6.10 Å². The number of carbonyl (C=O) groups excluding carboxylic acids is 1. The first-order valence-electron chi connectivity index (χ1n) is 6.77. The molecule has 0 saturated carbocycles. The Bertz CT molecular complexity index is 445. The summed E-state index contributed by atoms with van der Waals surface area (Å²) in [5.74, 6) is 2.47. The van der Waals surface area contributed by atoms with E-state index in [4.69, 9.17) is 14.2 Å². The van der Waals surface area contributed by atoms with Crippen molar-refractivity contribution in [3.63, 3.8) is 0 Å². The summed E-state index contributed by atoms with van der Waals surface area (Å²) in [5.41, 5.74) is 0.481. The highest BCUT2D eigenvalue weighted by molar-refractivity contribution is 7.99. The molecule has 1 aliphatic heterocycles. The lowest BCUT2D eigenvalue weighted by Crippen LogP contribution is -2.34. The zero-order valence-corrected chi connectivity index (χ0v) is 13.0. The molecule has 21 heavy (non-hydrogen) atoms. The number of methoxy groups -OCH3 is 2. The highest BCUT2D eigenvalue weighted by Gasteiger charge is 2.17. The van der Waals surface area contributed by atoms with Gasteiger partial charge in [-0.05, 0) is 18.2 Å². The molecule has 0 unspecified atom stereocenters. The molecule has 0 aromatic carbocycles. The molecule has 2 heterocycles. The van der Waals surface area contributed by atoms with Gasteiger partial charge in [0, 0.05) is 32.2 Å². The number of pyridine rings is 1. The van der Waals surface area contributed by atoms with Crippen molar-refractivity contribution in [1.82, 2.24) is 10.3 Å². The van der Waals surface area contributed by atoms with E-state index in [1.165, 1.54) is 20.4 Å². The molecule has 116 valence electrons. The van der Waals surface area contributed by atoms with Crippen LogP contribution in [0.25, 0.3) is 0 Å². The van der Waals surface area contributed by atoms with Crippen LogP contribution in [0.4, 0.5) is 0 Å². The molecule has 1 aromatic rings. The molecular formula is C14H20N2O4S. The second kappa shape index (κ2) is 8.21. The van der Waals surface area contributed by atoms with Crippen LogP contribution in [0, 0.1) is 0 Å². The Morgan fingerprint density at radius 2 is 2.29 bits per heavy atom. The summed E-state index contributed by atoms with van der Waals surface area (Å²) in [6, 6.07) is 3.43. The number of hydrogen-bond acceptors (Lipinski definition) is 6. The van der Waals surface area contributed by atoms with Gasteiger partial charge in [0.05, 0.1) is 12.1 Å². The number of nitrogens with one attached hydrogen (secondary N) is 1. The lowest BCUT2D eigenvalue weighted by atomic mass is 10.2. The summed E-state index contributed by atoms with van der Waals surface area (Å²) in [5, 5.41) is 2.72. The molecule has 1 N–H and O–H groups in total. The average Bonchev–Trinajstić information content (AvgIpc) is 3.02. The fraction of sp³-hybridized carbons (Fsp3) is 0.571. The van der Waals surface area contributed by atoms with E-state index < -0.39 is 6.29 Å². The molecule has 1 aromatic heterocycles. The summed E-state index contributed by atoms with van der Waals surface area (Å²) >= 11 is 1.88. The minimum atomic E-state index is -0.454. The zero-order valence-electron chi connectivity index (χ0n) is 12.2. The maximum atomic E-state index is 11.9. The predicted octanol–water partition coefficient (Wildman–Crippen LogP) is 1.31. The number of thioether (sulfide) groups is 1. The van der Waals surface area contributed by atoms with Crippen LogP contribution in [0.1, 0.15) is 16.8 Å². The van der Waals surface area contributed by atoms with Crippen LogP contribution >= 0.6 is 11.8 Å². The molecule has 0 radical (unpaired) electrons. The molecule has 0 aliphatic carbocycles. The first-order chi connectivity index (χ1) is 10.2. The van der Waals surface area contributed by atoms with Gasteiger partial charge in [-0.25, -0.2) is 4.98 Å². The number of rotatable bonds is 7. The van der Waals surface area contributed by atoms with E-state index in [1.807, 2.05) is 11.8 Å². The van der Waals surface area contributed by atoms with Crippen molar-refractivity contribution in [2.75, 3.05) is 32.3 Å². The Morgan fingerprint density at radius 3 is 2.86 bits per heavy atom. The summed E-state index contributed by atoms with van der Waals surface area (Å²) in [4.78, 5) is 16.1. The van der Waals surface area contributed by atoms with Crippen LogP contribution in [-0.4, -0.2) is 55.6 Å². The number of carbonyl (C=O) groups is 1. The van der Waals surface area contributed by atoms with E-state index in [0.717, 1.165) is 17.9 Å². The maximum Gasteiger partial charge on any atom is 0.253 e. The lowest BCUT2D eigenvalue weighted by Gasteiger charge is -2.14. The van der Waals surface area contributed by atoms with Gasteiger partial charge in [-0.2, -0.15) is 11.8 Å². The molecule has 1 atom stereocenters. The van der Waals surface area contributed by atoms with Gasteiger partial charge >= 0.3 is 0 Å². The van der Waals surface area contributed by atoms with E-state index in [0.29, 0.717) is 11.4 Å². The average molecular weight is 312 g/mol. The quantitative estimate of drug-likeness (QED) is 0.766. The second-order valence-corrected chi connectivity index (χ2v) is 5.75. The minimum absolute atomic E-state index is 0.218. The van der Waals surface area contributed by atoms with E-state index in [-0.39, 0.29) is 18.6 Å². The van der Waals surface area contributed by atoms with Gasteiger partial charge in [-0.3, -0.25) is 4.79 Å². The highest BCUT2D eigenvalue weighted by Crippen LogP contribution is 2.21. The Hall–Kier alpha value is -1.31. The Morgan fingerprint density at radius 1 is 1.48 bits per heavy atom. The number of ether oxygens (including phenoxy) is 3. The number of nitrogens with zero attached hydrogens (tertiary/aromatic N) is 1. The smallest absolute Gasteiger partial charge is 0.253 e. The van der Waals surface area contributed by atoms with E-state index in [9.17, 15) is 4.79 Å². The third-order valence-electron chi connectivity index (χ3n) is 3.13. The highest BCUT2D eigenvalue weighted by atomic mass is 32.2. The Labute approximate surface area is 128 Å². The first kappa shape index (κ1) is 16.1. The van der Waals surface area contributed by atoms with Gasteiger partial charge in [0.15, 0.2) is 6.29 Å². The normalized spacial score (nSPS) is 18.0. The van der Waals surface area contributed by atoms with E-state index in [2.05, 4.69) is 10.3 Å². The molecular weight excluding hydrogens is 292 g/mol. The molecule has 1 saturated heterocycles. The van der Waals surface area contributed by atoms with Crippen LogP contribution in [0.2, 0.25) is 0 Å². The topological polar surface area (TPSA) is 69.7 Å². The van der Waals surface area contributed by atoms with Gasteiger partial charge in [0.2, 0.25) is 5.88 Å². The maximum absolute atomic E-state index is 11.9. The van der Waals surface area contributed by atoms with Crippen molar-refractivity contribution in [1.29, 1.82) is 0 Å². The van der Waals surface area contributed by atoms with Crippen LogP contribution in [0.3, 0.4) is 0 Å². The van der Waals surface area contributed by atoms with Crippen LogP contribution < -0.4 is 10.1 Å². The van der Waals surface area contributed by atoms with Crippen molar-refractivity contribution in [3.05, 3.63) is 23.9 Å². The minimum Gasteiger partial charge on any atom is -0.473 e. The monoisotopic (exact) mass is 312 g/mol. The predicted molar refractivity (Wildman–Crippen MR) is 80.7 cm³/mol. The summed E-state index contributed by atoms with van der Waals surface area (Å²) < 4.78 is 15.7. The number of aromatic nitrogens is 1. The molecule has 6 nitrogen and oxygen atoms in total.